The van der Waals surface area contributed by atoms with Crippen LogP contribution in [0.2, 0.25) is 0 Å². The zero-order chi connectivity index (χ0) is 24.3. The van der Waals surface area contributed by atoms with Crippen molar-refractivity contribution in [3.05, 3.63) is 53.6 Å². The number of nitrogens with zero attached hydrogens (tertiary/aromatic N) is 2. The summed E-state index contributed by atoms with van der Waals surface area (Å²) in [7, 11) is 1.67. The van der Waals surface area contributed by atoms with E-state index in [1.807, 2.05) is 23.1 Å². The number of carbonyl (C=O) groups excluding carboxylic acids is 2. The van der Waals surface area contributed by atoms with E-state index in [4.69, 9.17) is 20.9 Å². The second kappa shape index (κ2) is 14.3. The van der Waals surface area contributed by atoms with Crippen molar-refractivity contribution < 1.29 is 19.1 Å². The lowest BCUT2D eigenvalue weighted by Gasteiger charge is -2.26. The molecule has 2 aromatic rings. The molecule has 0 unspecified atom stereocenters. The van der Waals surface area contributed by atoms with Crippen LogP contribution in [0.1, 0.15) is 43.2 Å². The maximum Gasteiger partial charge on any atom is 0.249 e. The van der Waals surface area contributed by atoms with E-state index in [0.717, 1.165) is 53.8 Å². The summed E-state index contributed by atoms with van der Waals surface area (Å²) in [6, 6.07) is 14.2. The van der Waals surface area contributed by atoms with Crippen molar-refractivity contribution in [2.75, 3.05) is 26.9 Å². The fourth-order valence-electron chi connectivity index (χ4n) is 3.96. The maximum atomic E-state index is 12.1. The van der Waals surface area contributed by atoms with Crippen molar-refractivity contribution in [1.82, 2.24) is 4.90 Å². The number of methoxy groups -OCH3 is 1. The van der Waals surface area contributed by atoms with Crippen LogP contribution in [0.25, 0.3) is 11.1 Å². The quantitative estimate of drug-likeness (QED) is 0.276. The number of benzene rings is 2. The van der Waals surface area contributed by atoms with Gasteiger partial charge in [0, 0.05) is 51.6 Å². The van der Waals surface area contributed by atoms with Gasteiger partial charge < -0.3 is 25.8 Å². The summed E-state index contributed by atoms with van der Waals surface area (Å²) in [6.07, 6.45) is 4.19. The van der Waals surface area contributed by atoms with E-state index in [-0.39, 0.29) is 36.6 Å². The Hall–Kier alpha value is -3.10. The van der Waals surface area contributed by atoms with Gasteiger partial charge >= 0.3 is 0 Å². The average molecular weight is 503 g/mol. The molecule has 0 bridgehead atoms. The number of piperidine rings is 1. The fourth-order valence-corrected chi connectivity index (χ4v) is 3.96. The van der Waals surface area contributed by atoms with E-state index >= 15 is 0 Å². The highest BCUT2D eigenvalue weighted by molar-refractivity contribution is 5.91. The Labute approximate surface area is 213 Å². The van der Waals surface area contributed by atoms with E-state index in [9.17, 15) is 9.59 Å². The maximum absolute atomic E-state index is 12.1. The number of aryl methyl sites for hydroxylation is 1. The van der Waals surface area contributed by atoms with Crippen molar-refractivity contribution in [2.45, 2.75) is 45.1 Å². The van der Waals surface area contributed by atoms with Crippen molar-refractivity contribution >= 4 is 30.2 Å². The third kappa shape index (κ3) is 8.88. The number of aliphatic imine (C=N–C) groups is 1. The standard InChI is InChI=1S/C26H34N4O4.ClH/c1-33-15-4-16-34-23-17-19(9-13-24(31)29-26(27)28)8-12-22(23)21-10-6-20(7-11-21)18-30-14-3-2-5-25(30)32;/h6-8,10-12,17H,2-5,9,13-16,18H2,1H3,(H4,27,28,29,31);1H. The fraction of sp³-hybridized carbons (Fsp3) is 0.423. The molecule has 2 amide bonds. The predicted octanol–water partition coefficient (Wildman–Crippen LogP) is 3.44. The minimum atomic E-state index is -0.352. The first-order valence-corrected chi connectivity index (χ1v) is 11.7. The lowest BCUT2D eigenvalue weighted by atomic mass is 9.99. The number of halogens is 1. The van der Waals surface area contributed by atoms with Gasteiger partial charge in [0.2, 0.25) is 11.8 Å². The summed E-state index contributed by atoms with van der Waals surface area (Å²) >= 11 is 0. The van der Waals surface area contributed by atoms with Gasteiger partial charge in [0.05, 0.1) is 6.61 Å². The molecule has 0 radical (unpaired) electrons. The van der Waals surface area contributed by atoms with E-state index in [0.29, 0.717) is 32.6 Å². The molecule has 0 spiro atoms. The number of nitrogens with two attached hydrogens (primary N) is 2. The zero-order valence-corrected chi connectivity index (χ0v) is 21.0. The number of hydrogen-bond acceptors (Lipinski definition) is 4. The van der Waals surface area contributed by atoms with E-state index in [2.05, 4.69) is 29.3 Å². The second-order valence-corrected chi connectivity index (χ2v) is 8.43. The van der Waals surface area contributed by atoms with Crippen LogP contribution in [0.5, 0.6) is 5.75 Å². The third-order valence-corrected chi connectivity index (χ3v) is 5.74. The normalized spacial score (nSPS) is 13.2. The molecule has 4 N–H and O–H groups in total. The number of ether oxygens (including phenoxy) is 2. The van der Waals surface area contributed by atoms with Gasteiger partial charge in [0.25, 0.3) is 0 Å². The van der Waals surface area contributed by atoms with Crippen LogP contribution in [0.3, 0.4) is 0 Å². The Balaban J connectivity index is 0.00000432. The molecule has 1 heterocycles. The first-order chi connectivity index (χ1) is 16.5. The van der Waals surface area contributed by atoms with Gasteiger partial charge in [-0.15, -0.1) is 12.4 Å². The Morgan fingerprint density at radius 2 is 1.80 bits per heavy atom. The lowest BCUT2D eigenvalue weighted by molar-refractivity contribution is -0.133. The molecule has 1 saturated heterocycles. The molecule has 2 aromatic carbocycles. The first-order valence-electron chi connectivity index (χ1n) is 11.7. The van der Waals surface area contributed by atoms with Crippen LogP contribution >= 0.6 is 12.4 Å². The van der Waals surface area contributed by atoms with Gasteiger partial charge in [-0.05, 0) is 42.0 Å². The second-order valence-electron chi connectivity index (χ2n) is 8.43. The molecule has 3 rings (SSSR count). The van der Waals surface area contributed by atoms with Gasteiger partial charge in [-0.2, -0.15) is 4.99 Å². The Morgan fingerprint density at radius 3 is 2.49 bits per heavy atom. The zero-order valence-electron chi connectivity index (χ0n) is 20.2. The molecule has 8 nitrogen and oxygen atoms in total. The van der Waals surface area contributed by atoms with E-state index < -0.39 is 0 Å². The highest BCUT2D eigenvalue weighted by atomic mass is 35.5. The topological polar surface area (TPSA) is 120 Å². The smallest absolute Gasteiger partial charge is 0.249 e. The minimum absolute atomic E-state index is 0. The number of rotatable bonds is 11. The SMILES string of the molecule is COCCCOc1cc(CCC(=O)N=C(N)N)ccc1-c1ccc(CN2CCCCC2=O)cc1.Cl. The Morgan fingerprint density at radius 1 is 1.06 bits per heavy atom. The highest BCUT2D eigenvalue weighted by Crippen LogP contribution is 2.32. The monoisotopic (exact) mass is 502 g/mol. The summed E-state index contributed by atoms with van der Waals surface area (Å²) < 4.78 is 11.2. The molecule has 0 aromatic heterocycles. The minimum Gasteiger partial charge on any atom is -0.493 e. The molecule has 9 heteroatoms. The summed E-state index contributed by atoms with van der Waals surface area (Å²) in [6.45, 7) is 2.60. The van der Waals surface area contributed by atoms with Crippen LogP contribution in [0.4, 0.5) is 0 Å². The van der Waals surface area contributed by atoms with Crippen molar-refractivity contribution in [3.63, 3.8) is 0 Å². The van der Waals surface area contributed by atoms with Gasteiger partial charge in [-0.1, -0.05) is 36.4 Å². The van der Waals surface area contributed by atoms with Gasteiger partial charge in [-0.3, -0.25) is 9.59 Å². The van der Waals surface area contributed by atoms with Crippen molar-refractivity contribution in [3.8, 4) is 16.9 Å². The van der Waals surface area contributed by atoms with Crippen LogP contribution in [0, 0.1) is 0 Å². The van der Waals surface area contributed by atoms with Crippen LogP contribution in [0.15, 0.2) is 47.5 Å². The molecule has 1 fully saturated rings. The molecule has 1 aliphatic rings. The van der Waals surface area contributed by atoms with Crippen molar-refractivity contribution in [1.29, 1.82) is 0 Å². The summed E-state index contributed by atoms with van der Waals surface area (Å²) in [5.74, 6) is 0.405. The number of likely N-dealkylation sites (tertiary alicyclic amines) is 1. The molecule has 0 aliphatic carbocycles. The summed E-state index contributed by atoms with van der Waals surface area (Å²) in [5, 5.41) is 0. The van der Waals surface area contributed by atoms with E-state index in [1.54, 1.807) is 7.11 Å². The highest BCUT2D eigenvalue weighted by Gasteiger charge is 2.18. The third-order valence-electron chi connectivity index (χ3n) is 5.74. The largest absolute Gasteiger partial charge is 0.493 e. The Bertz CT molecular complexity index is 1010. The predicted molar refractivity (Wildman–Crippen MR) is 140 cm³/mol. The molecule has 0 saturated carbocycles. The molecule has 1 aliphatic heterocycles. The number of carbonyl (C=O) groups is 2. The Kier molecular flexibility index (Phi) is 11.5. The lowest BCUT2D eigenvalue weighted by Crippen LogP contribution is -2.34. The van der Waals surface area contributed by atoms with Crippen LogP contribution < -0.4 is 16.2 Å². The van der Waals surface area contributed by atoms with Gasteiger partial charge in [-0.25, -0.2) is 0 Å². The number of guanidine groups is 1. The molecular formula is C26H35ClN4O4. The first kappa shape index (κ1) is 28.1. The molecular weight excluding hydrogens is 468 g/mol. The molecule has 0 atom stereocenters. The molecule has 35 heavy (non-hydrogen) atoms. The van der Waals surface area contributed by atoms with Crippen LogP contribution in [-0.4, -0.2) is 49.5 Å². The van der Waals surface area contributed by atoms with Crippen LogP contribution in [-0.2, 0) is 27.3 Å². The van der Waals surface area contributed by atoms with E-state index in [1.165, 1.54) is 0 Å². The van der Waals surface area contributed by atoms with Gasteiger partial charge in [0.1, 0.15) is 5.75 Å². The number of amides is 2. The van der Waals surface area contributed by atoms with Crippen molar-refractivity contribution in [2.24, 2.45) is 16.5 Å². The summed E-state index contributed by atoms with van der Waals surface area (Å²) in [4.78, 5) is 29.4. The average Bonchev–Trinajstić information content (AvgIpc) is 2.82. The number of hydrogen-bond donors (Lipinski definition) is 2. The van der Waals surface area contributed by atoms with Gasteiger partial charge in [0.15, 0.2) is 5.96 Å². The summed E-state index contributed by atoms with van der Waals surface area (Å²) in [5.41, 5.74) is 14.6. The molecule has 190 valence electrons.